The summed E-state index contributed by atoms with van der Waals surface area (Å²) >= 11 is 0. The lowest BCUT2D eigenvalue weighted by Gasteiger charge is -2.22. The first-order valence-corrected chi connectivity index (χ1v) is 6.51. The van der Waals surface area contributed by atoms with Gasteiger partial charge in [-0.05, 0) is 58.2 Å². The molecule has 17 heavy (non-hydrogen) atoms. The standard InChI is InChI=1S/C13H22N4/c1-10-8-11(2)17-13(16-10)15-7-5-12-4-3-6-14-9-12/h8,12,14H,3-7,9H2,1-2H3,(H,15,16,17). The third-order valence-corrected chi connectivity index (χ3v) is 3.22. The molecule has 0 spiro atoms. The molecule has 0 radical (unpaired) electrons. The molecule has 2 heterocycles. The van der Waals surface area contributed by atoms with Crippen LogP contribution in [-0.4, -0.2) is 29.6 Å². The highest BCUT2D eigenvalue weighted by atomic mass is 15.1. The Morgan fingerprint density at radius 3 is 2.76 bits per heavy atom. The molecular formula is C13H22N4. The molecule has 4 heteroatoms. The van der Waals surface area contributed by atoms with E-state index >= 15 is 0 Å². The first-order valence-electron chi connectivity index (χ1n) is 6.51. The summed E-state index contributed by atoms with van der Waals surface area (Å²) in [6, 6.07) is 2.00. The van der Waals surface area contributed by atoms with Crippen molar-refractivity contribution in [3.05, 3.63) is 17.5 Å². The van der Waals surface area contributed by atoms with Crippen molar-refractivity contribution < 1.29 is 0 Å². The van der Waals surface area contributed by atoms with Crippen molar-refractivity contribution in [3.8, 4) is 0 Å². The van der Waals surface area contributed by atoms with Gasteiger partial charge in [-0.3, -0.25) is 0 Å². The van der Waals surface area contributed by atoms with Crippen molar-refractivity contribution in [1.29, 1.82) is 0 Å². The van der Waals surface area contributed by atoms with Crippen LogP contribution in [0, 0.1) is 19.8 Å². The predicted molar refractivity (Wildman–Crippen MR) is 70.2 cm³/mol. The number of nitrogens with one attached hydrogen (secondary N) is 2. The predicted octanol–water partition coefficient (Wildman–Crippen LogP) is 1.90. The van der Waals surface area contributed by atoms with Gasteiger partial charge in [0.2, 0.25) is 5.95 Å². The van der Waals surface area contributed by atoms with Crippen LogP contribution >= 0.6 is 0 Å². The minimum Gasteiger partial charge on any atom is -0.354 e. The maximum atomic E-state index is 4.38. The molecule has 0 aliphatic carbocycles. The molecule has 1 aliphatic heterocycles. The van der Waals surface area contributed by atoms with E-state index in [4.69, 9.17) is 0 Å². The van der Waals surface area contributed by atoms with E-state index in [0.717, 1.165) is 36.3 Å². The number of anilines is 1. The second-order valence-corrected chi connectivity index (χ2v) is 4.90. The molecule has 1 atom stereocenters. The number of aryl methyl sites for hydroxylation is 2. The molecule has 2 rings (SSSR count). The van der Waals surface area contributed by atoms with E-state index in [1.165, 1.54) is 25.8 Å². The van der Waals surface area contributed by atoms with E-state index in [9.17, 15) is 0 Å². The molecule has 0 amide bonds. The molecule has 0 saturated carbocycles. The number of hydrogen-bond donors (Lipinski definition) is 2. The van der Waals surface area contributed by atoms with Crippen LogP contribution in [0.1, 0.15) is 30.7 Å². The summed E-state index contributed by atoms with van der Waals surface area (Å²) in [4.78, 5) is 8.76. The van der Waals surface area contributed by atoms with Gasteiger partial charge in [-0.2, -0.15) is 0 Å². The fourth-order valence-corrected chi connectivity index (χ4v) is 2.36. The minimum absolute atomic E-state index is 0.770. The second-order valence-electron chi connectivity index (χ2n) is 4.90. The zero-order chi connectivity index (χ0) is 12.1. The molecule has 2 N–H and O–H groups in total. The fourth-order valence-electron chi connectivity index (χ4n) is 2.36. The summed E-state index contributed by atoms with van der Waals surface area (Å²) in [5.74, 6) is 1.58. The van der Waals surface area contributed by atoms with Crippen molar-refractivity contribution in [2.24, 2.45) is 5.92 Å². The summed E-state index contributed by atoms with van der Waals surface area (Å²) in [6.45, 7) is 7.32. The third kappa shape index (κ3) is 3.97. The van der Waals surface area contributed by atoms with Gasteiger partial charge in [-0.1, -0.05) is 0 Å². The Balaban J connectivity index is 1.77. The molecule has 94 valence electrons. The zero-order valence-electron chi connectivity index (χ0n) is 10.8. The lowest BCUT2D eigenvalue weighted by Crippen LogP contribution is -2.30. The van der Waals surface area contributed by atoms with Gasteiger partial charge in [0, 0.05) is 17.9 Å². The van der Waals surface area contributed by atoms with E-state index in [1.54, 1.807) is 0 Å². The Labute approximate surface area is 103 Å². The number of rotatable bonds is 4. The third-order valence-electron chi connectivity index (χ3n) is 3.22. The van der Waals surface area contributed by atoms with Crippen LogP contribution in [0.3, 0.4) is 0 Å². The fraction of sp³-hybridized carbons (Fsp3) is 0.692. The molecule has 1 unspecified atom stereocenters. The summed E-state index contributed by atoms with van der Waals surface area (Å²) in [6.07, 6.45) is 3.86. The van der Waals surface area contributed by atoms with Crippen LogP contribution in [-0.2, 0) is 0 Å². The Kier molecular flexibility index (Phi) is 4.31. The van der Waals surface area contributed by atoms with E-state index in [2.05, 4.69) is 20.6 Å². The Bertz CT molecular complexity index is 338. The number of aromatic nitrogens is 2. The van der Waals surface area contributed by atoms with E-state index in [-0.39, 0.29) is 0 Å². The summed E-state index contributed by atoms with van der Waals surface area (Å²) < 4.78 is 0. The van der Waals surface area contributed by atoms with Crippen LogP contribution in [0.4, 0.5) is 5.95 Å². The van der Waals surface area contributed by atoms with Crippen LogP contribution in [0.5, 0.6) is 0 Å². The lowest BCUT2D eigenvalue weighted by molar-refractivity contribution is 0.364. The Morgan fingerprint density at radius 2 is 2.12 bits per heavy atom. The lowest BCUT2D eigenvalue weighted by atomic mass is 9.96. The second kappa shape index (κ2) is 5.96. The van der Waals surface area contributed by atoms with Crippen LogP contribution in [0.15, 0.2) is 6.07 Å². The highest BCUT2D eigenvalue weighted by Gasteiger charge is 2.12. The van der Waals surface area contributed by atoms with Crippen LogP contribution in [0.2, 0.25) is 0 Å². The van der Waals surface area contributed by atoms with Gasteiger partial charge in [0.15, 0.2) is 0 Å². The van der Waals surface area contributed by atoms with Crippen molar-refractivity contribution in [2.75, 3.05) is 25.0 Å². The largest absolute Gasteiger partial charge is 0.354 e. The topological polar surface area (TPSA) is 49.8 Å². The van der Waals surface area contributed by atoms with Gasteiger partial charge >= 0.3 is 0 Å². The smallest absolute Gasteiger partial charge is 0.223 e. The summed E-state index contributed by atoms with van der Waals surface area (Å²) in [5, 5.41) is 6.77. The average Bonchev–Trinajstić information content (AvgIpc) is 2.29. The Hall–Kier alpha value is -1.16. The van der Waals surface area contributed by atoms with Crippen molar-refractivity contribution >= 4 is 5.95 Å². The van der Waals surface area contributed by atoms with Gasteiger partial charge in [0.1, 0.15) is 0 Å². The average molecular weight is 234 g/mol. The van der Waals surface area contributed by atoms with Crippen molar-refractivity contribution in [1.82, 2.24) is 15.3 Å². The maximum absolute atomic E-state index is 4.38. The Morgan fingerprint density at radius 1 is 1.35 bits per heavy atom. The van der Waals surface area contributed by atoms with Gasteiger partial charge in [-0.15, -0.1) is 0 Å². The van der Waals surface area contributed by atoms with E-state index in [0.29, 0.717) is 0 Å². The van der Waals surface area contributed by atoms with Gasteiger partial charge in [-0.25, -0.2) is 9.97 Å². The normalized spacial score (nSPS) is 20.2. The van der Waals surface area contributed by atoms with Gasteiger partial charge in [0.05, 0.1) is 0 Å². The number of nitrogens with zero attached hydrogens (tertiary/aromatic N) is 2. The molecule has 1 aromatic rings. The van der Waals surface area contributed by atoms with E-state index < -0.39 is 0 Å². The SMILES string of the molecule is Cc1cc(C)nc(NCCC2CCCNC2)n1. The number of hydrogen-bond acceptors (Lipinski definition) is 4. The highest BCUT2D eigenvalue weighted by molar-refractivity contribution is 5.27. The first-order chi connectivity index (χ1) is 8.24. The summed E-state index contributed by atoms with van der Waals surface area (Å²) in [7, 11) is 0. The monoisotopic (exact) mass is 234 g/mol. The maximum Gasteiger partial charge on any atom is 0.223 e. The van der Waals surface area contributed by atoms with Crippen LogP contribution in [0.25, 0.3) is 0 Å². The molecule has 4 nitrogen and oxygen atoms in total. The first kappa shape index (κ1) is 12.3. The molecular weight excluding hydrogens is 212 g/mol. The molecule has 1 saturated heterocycles. The molecule has 0 bridgehead atoms. The quantitative estimate of drug-likeness (QED) is 0.835. The van der Waals surface area contributed by atoms with E-state index in [1.807, 2.05) is 19.9 Å². The van der Waals surface area contributed by atoms with Crippen LogP contribution < -0.4 is 10.6 Å². The van der Waals surface area contributed by atoms with Crippen molar-refractivity contribution in [2.45, 2.75) is 33.1 Å². The zero-order valence-corrected chi connectivity index (χ0v) is 10.8. The van der Waals surface area contributed by atoms with Gasteiger partial charge in [0.25, 0.3) is 0 Å². The highest BCUT2D eigenvalue weighted by Crippen LogP contribution is 2.14. The molecule has 1 aromatic heterocycles. The number of piperidine rings is 1. The van der Waals surface area contributed by atoms with Crippen molar-refractivity contribution in [3.63, 3.8) is 0 Å². The molecule has 1 aliphatic rings. The summed E-state index contributed by atoms with van der Waals surface area (Å²) in [5.41, 5.74) is 2.05. The van der Waals surface area contributed by atoms with Gasteiger partial charge < -0.3 is 10.6 Å². The minimum atomic E-state index is 0.770. The molecule has 1 fully saturated rings. The molecule has 0 aromatic carbocycles.